The predicted octanol–water partition coefficient (Wildman–Crippen LogP) is 3.57. The maximum Gasteiger partial charge on any atom is 0.240 e. The standard InChI is InChI=1S/C18H17ClN4O3S/c1-23(9-16(24)20-13-5-2-4-12(19)8-13)10-17(25)22-18-21-14(11-27-18)15-6-3-7-26-15/h2-8,11H,9-10H2,1H3,(H,20,24)(H,21,22,25). The first-order chi connectivity index (χ1) is 13.0. The molecule has 0 aliphatic carbocycles. The van der Waals surface area contributed by atoms with Gasteiger partial charge in [-0.25, -0.2) is 4.98 Å². The number of nitrogens with one attached hydrogen (secondary N) is 2. The summed E-state index contributed by atoms with van der Waals surface area (Å²) in [6.07, 6.45) is 1.57. The van der Waals surface area contributed by atoms with E-state index in [9.17, 15) is 9.59 Å². The third-order valence-corrected chi connectivity index (χ3v) is 4.45. The van der Waals surface area contributed by atoms with Gasteiger partial charge in [-0.15, -0.1) is 11.3 Å². The largest absolute Gasteiger partial charge is 0.463 e. The lowest BCUT2D eigenvalue weighted by Crippen LogP contribution is -2.36. The molecule has 0 bridgehead atoms. The number of benzene rings is 1. The molecule has 9 heteroatoms. The summed E-state index contributed by atoms with van der Waals surface area (Å²) in [7, 11) is 1.69. The number of nitrogens with zero attached hydrogens (tertiary/aromatic N) is 2. The molecule has 0 unspecified atom stereocenters. The maximum absolute atomic E-state index is 12.1. The number of furan rings is 1. The fraction of sp³-hybridized carbons (Fsp3) is 0.167. The molecule has 3 rings (SSSR count). The highest BCUT2D eigenvalue weighted by molar-refractivity contribution is 7.14. The van der Waals surface area contributed by atoms with Crippen LogP contribution in [0.4, 0.5) is 10.8 Å². The molecule has 0 saturated heterocycles. The monoisotopic (exact) mass is 404 g/mol. The van der Waals surface area contributed by atoms with Crippen molar-refractivity contribution in [2.45, 2.75) is 0 Å². The van der Waals surface area contributed by atoms with Gasteiger partial charge in [-0.05, 0) is 37.4 Å². The molecule has 0 spiro atoms. The SMILES string of the molecule is CN(CC(=O)Nc1cccc(Cl)c1)CC(=O)Nc1nc(-c2ccco2)cs1. The molecule has 2 aromatic heterocycles. The Morgan fingerprint density at radius 2 is 1.96 bits per heavy atom. The number of hydrogen-bond donors (Lipinski definition) is 2. The first-order valence-corrected chi connectivity index (χ1v) is 9.28. The van der Waals surface area contributed by atoms with E-state index < -0.39 is 0 Å². The predicted molar refractivity (Wildman–Crippen MR) is 106 cm³/mol. The molecule has 2 N–H and O–H groups in total. The van der Waals surface area contributed by atoms with Crippen molar-refractivity contribution in [3.63, 3.8) is 0 Å². The maximum atomic E-state index is 12.1. The van der Waals surface area contributed by atoms with Crippen molar-refractivity contribution in [1.82, 2.24) is 9.88 Å². The van der Waals surface area contributed by atoms with Gasteiger partial charge in [0.05, 0.1) is 19.4 Å². The molecule has 3 aromatic rings. The number of halogens is 1. The zero-order valence-corrected chi connectivity index (χ0v) is 16.0. The summed E-state index contributed by atoms with van der Waals surface area (Å²) in [6.45, 7) is 0.119. The van der Waals surface area contributed by atoms with E-state index in [1.54, 1.807) is 60.0 Å². The molecule has 27 heavy (non-hydrogen) atoms. The molecule has 1 aromatic carbocycles. The van der Waals surface area contributed by atoms with Crippen LogP contribution in [-0.4, -0.2) is 41.8 Å². The highest BCUT2D eigenvalue weighted by Gasteiger charge is 2.13. The van der Waals surface area contributed by atoms with Gasteiger partial charge in [0.1, 0.15) is 5.69 Å². The van der Waals surface area contributed by atoms with E-state index >= 15 is 0 Å². The third-order valence-electron chi connectivity index (χ3n) is 3.46. The second-order valence-corrected chi connectivity index (χ2v) is 7.09. The van der Waals surface area contributed by atoms with Crippen molar-refractivity contribution in [2.75, 3.05) is 30.8 Å². The molecule has 0 radical (unpaired) electrons. The molecular formula is C18H17ClN4O3S. The average molecular weight is 405 g/mol. The van der Waals surface area contributed by atoms with Gasteiger partial charge in [-0.2, -0.15) is 0 Å². The van der Waals surface area contributed by atoms with Crippen LogP contribution in [0.3, 0.4) is 0 Å². The molecule has 0 fully saturated rings. The van der Waals surface area contributed by atoms with Gasteiger partial charge in [-0.1, -0.05) is 17.7 Å². The lowest BCUT2D eigenvalue weighted by atomic mass is 10.3. The van der Waals surface area contributed by atoms with Crippen LogP contribution in [0.15, 0.2) is 52.5 Å². The second-order valence-electron chi connectivity index (χ2n) is 5.79. The zero-order valence-electron chi connectivity index (χ0n) is 14.4. The number of anilines is 2. The fourth-order valence-corrected chi connectivity index (χ4v) is 3.25. The van der Waals surface area contributed by atoms with Crippen LogP contribution in [0.5, 0.6) is 0 Å². The summed E-state index contributed by atoms with van der Waals surface area (Å²) in [5.41, 5.74) is 1.27. The van der Waals surface area contributed by atoms with E-state index in [2.05, 4.69) is 15.6 Å². The van der Waals surface area contributed by atoms with Gasteiger partial charge >= 0.3 is 0 Å². The molecular weight excluding hydrogens is 388 g/mol. The molecule has 140 valence electrons. The summed E-state index contributed by atoms with van der Waals surface area (Å²) in [6, 6.07) is 10.5. The van der Waals surface area contributed by atoms with E-state index in [1.807, 2.05) is 0 Å². The summed E-state index contributed by atoms with van der Waals surface area (Å²) >= 11 is 7.20. The van der Waals surface area contributed by atoms with Crippen LogP contribution >= 0.6 is 22.9 Å². The summed E-state index contributed by atoms with van der Waals surface area (Å²) in [4.78, 5) is 30.1. The van der Waals surface area contributed by atoms with Crippen molar-refractivity contribution in [3.05, 3.63) is 53.1 Å². The Hall–Kier alpha value is -2.68. The van der Waals surface area contributed by atoms with Gasteiger partial charge in [0.25, 0.3) is 0 Å². The van der Waals surface area contributed by atoms with Crippen molar-refractivity contribution >= 4 is 45.6 Å². The van der Waals surface area contributed by atoms with Gasteiger partial charge in [0.2, 0.25) is 11.8 Å². The molecule has 2 heterocycles. The minimum atomic E-state index is -0.256. The smallest absolute Gasteiger partial charge is 0.240 e. The Morgan fingerprint density at radius 3 is 2.67 bits per heavy atom. The fourth-order valence-electron chi connectivity index (χ4n) is 2.34. The van der Waals surface area contributed by atoms with Crippen molar-refractivity contribution in [1.29, 1.82) is 0 Å². The topological polar surface area (TPSA) is 87.5 Å². The number of aromatic nitrogens is 1. The minimum absolute atomic E-state index is 0.0542. The highest BCUT2D eigenvalue weighted by Crippen LogP contribution is 2.25. The van der Waals surface area contributed by atoms with Crippen LogP contribution in [-0.2, 0) is 9.59 Å². The van der Waals surface area contributed by atoms with E-state index in [0.717, 1.165) is 0 Å². The molecule has 7 nitrogen and oxygen atoms in total. The molecule has 0 atom stereocenters. The average Bonchev–Trinajstić information content (AvgIpc) is 3.25. The normalized spacial score (nSPS) is 10.8. The Balaban J connectivity index is 1.46. The van der Waals surface area contributed by atoms with E-state index in [-0.39, 0.29) is 24.9 Å². The number of rotatable bonds is 7. The molecule has 2 amide bonds. The summed E-state index contributed by atoms with van der Waals surface area (Å²) < 4.78 is 5.27. The minimum Gasteiger partial charge on any atom is -0.463 e. The van der Waals surface area contributed by atoms with Crippen LogP contribution < -0.4 is 10.6 Å². The quantitative estimate of drug-likeness (QED) is 0.628. The van der Waals surface area contributed by atoms with Crippen LogP contribution in [0, 0.1) is 0 Å². The van der Waals surface area contributed by atoms with Gasteiger partial charge in [-0.3, -0.25) is 14.5 Å². The highest BCUT2D eigenvalue weighted by atomic mass is 35.5. The van der Waals surface area contributed by atoms with Crippen LogP contribution in [0.1, 0.15) is 0 Å². The number of thiazole rings is 1. The van der Waals surface area contributed by atoms with Crippen LogP contribution in [0.25, 0.3) is 11.5 Å². The Kier molecular flexibility index (Phi) is 6.23. The van der Waals surface area contributed by atoms with E-state index in [0.29, 0.717) is 27.3 Å². The van der Waals surface area contributed by atoms with Gasteiger partial charge in [0.15, 0.2) is 10.9 Å². The molecule has 0 aliphatic heterocycles. The van der Waals surface area contributed by atoms with Crippen molar-refractivity contribution < 1.29 is 14.0 Å². The number of carbonyl (C=O) groups is 2. The number of amides is 2. The second kappa shape index (κ2) is 8.81. The van der Waals surface area contributed by atoms with Crippen LogP contribution in [0.2, 0.25) is 5.02 Å². The number of carbonyl (C=O) groups excluding carboxylic acids is 2. The molecule has 0 saturated carbocycles. The summed E-state index contributed by atoms with van der Waals surface area (Å²) in [5, 5.41) is 8.28. The van der Waals surface area contributed by atoms with Gasteiger partial charge < -0.3 is 15.1 Å². The van der Waals surface area contributed by atoms with E-state index in [4.69, 9.17) is 16.0 Å². The molecule has 0 aliphatic rings. The number of hydrogen-bond acceptors (Lipinski definition) is 6. The Labute approximate surface area is 165 Å². The van der Waals surface area contributed by atoms with Gasteiger partial charge in [0, 0.05) is 16.1 Å². The Bertz CT molecular complexity index is 926. The Morgan fingerprint density at radius 1 is 1.19 bits per heavy atom. The summed E-state index contributed by atoms with van der Waals surface area (Å²) in [5.74, 6) is 0.150. The lowest BCUT2D eigenvalue weighted by Gasteiger charge is -2.15. The third kappa shape index (κ3) is 5.65. The van der Waals surface area contributed by atoms with E-state index in [1.165, 1.54) is 11.3 Å². The lowest BCUT2D eigenvalue weighted by molar-refractivity contribution is -0.119. The first kappa shape index (κ1) is 19.1. The number of likely N-dealkylation sites (N-methyl/N-ethyl adjacent to an activating group) is 1. The first-order valence-electron chi connectivity index (χ1n) is 8.03. The van der Waals surface area contributed by atoms with Crippen molar-refractivity contribution in [3.8, 4) is 11.5 Å². The van der Waals surface area contributed by atoms with Crippen molar-refractivity contribution in [2.24, 2.45) is 0 Å². The zero-order chi connectivity index (χ0) is 19.2.